The van der Waals surface area contributed by atoms with Crippen LogP contribution in [0.3, 0.4) is 0 Å². The Bertz CT molecular complexity index is 980. The van der Waals surface area contributed by atoms with Gasteiger partial charge in [-0.05, 0) is 35.4 Å². The average Bonchev–Trinajstić information content (AvgIpc) is 2.78. The molecule has 0 aliphatic carbocycles. The zero-order valence-electron chi connectivity index (χ0n) is 16.1. The van der Waals surface area contributed by atoms with Crippen molar-refractivity contribution in [3.05, 3.63) is 102 Å². The molecule has 4 rings (SSSR count). The molecule has 0 bridgehead atoms. The van der Waals surface area contributed by atoms with Gasteiger partial charge in [-0.2, -0.15) is 0 Å². The Morgan fingerprint density at radius 2 is 1.76 bits per heavy atom. The second-order valence-electron chi connectivity index (χ2n) is 6.91. The lowest BCUT2D eigenvalue weighted by Crippen LogP contribution is -2.30. The summed E-state index contributed by atoms with van der Waals surface area (Å²) in [4.78, 5) is 12.4. The van der Waals surface area contributed by atoms with E-state index in [9.17, 15) is 4.79 Å². The molecule has 3 aromatic rings. The highest BCUT2D eigenvalue weighted by atomic mass is 16.5. The van der Waals surface area contributed by atoms with Gasteiger partial charge < -0.3 is 14.8 Å². The van der Waals surface area contributed by atoms with Gasteiger partial charge in [0.1, 0.15) is 18.1 Å². The Labute approximate surface area is 170 Å². The molecule has 4 heteroatoms. The van der Waals surface area contributed by atoms with Gasteiger partial charge in [-0.15, -0.1) is 0 Å². The highest BCUT2D eigenvalue weighted by Gasteiger charge is 2.21. The third kappa shape index (κ3) is 5.05. The first-order chi connectivity index (χ1) is 14.3. The monoisotopic (exact) mass is 385 g/mol. The predicted molar refractivity (Wildman–Crippen MR) is 114 cm³/mol. The van der Waals surface area contributed by atoms with Crippen LogP contribution < -0.4 is 14.8 Å². The summed E-state index contributed by atoms with van der Waals surface area (Å²) in [6.45, 7) is 1.14. The number of rotatable bonds is 6. The zero-order valence-corrected chi connectivity index (χ0v) is 16.1. The number of benzene rings is 3. The van der Waals surface area contributed by atoms with Crippen LogP contribution >= 0.6 is 0 Å². The second kappa shape index (κ2) is 9.11. The van der Waals surface area contributed by atoms with Crippen LogP contribution in [0.4, 0.5) is 0 Å². The van der Waals surface area contributed by atoms with Gasteiger partial charge in [-0.25, -0.2) is 0 Å². The lowest BCUT2D eigenvalue weighted by atomic mass is 10.0. The van der Waals surface area contributed by atoms with Crippen LogP contribution in [0, 0.1) is 0 Å². The maximum absolute atomic E-state index is 12.4. The van der Waals surface area contributed by atoms with Crippen molar-refractivity contribution in [1.82, 2.24) is 5.32 Å². The van der Waals surface area contributed by atoms with Crippen LogP contribution in [0.5, 0.6) is 11.5 Å². The lowest BCUT2D eigenvalue weighted by Gasteiger charge is -2.26. The van der Waals surface area contributed by atoms with Gasteiger partial charge in [-0.3, -0.25) is 4.79 Å². The lowest BCUT2D eigenvalue weighted by molar-refractivity contribution is -0.117. The van der Waals surface area contributed by atoms with Crippen LogP contribution in [-0.4, -0.2) is 12.5 Å². The highest BCUT2D eigenvalue weighted by Crippen LogP contribution is 2.31. The smallest absolute Gasteiger partial charge is 0.244 e. The van der Waals surface area contributed by atoms with Crippen LogP contribution in [0.1, 0.15) is 29.2 Å². The first-order valence-electron chi connectivity index (χ1n) is 9.75. The molecule has 1 atom stereocenters. The topological polar surface area (TPSA) is 47.6 Å². The minimum Gasteiger partial charge on any atom is -0.493 e. The van der Waals surface area contributed by atoms with Crippen LogP contribution in [0.25, 0.3) is 6.08 Å². The molecule has 1 unspecified atom stereocenters. The van der Waals surface area contributed by atoms with E-state index in [2.05, 4.69) is 5.32 Å². The average molecular weight is 385 g/mol. The van der Waals surface area contributed by atoms with Crippen LogP contribution in [0.2, 0.25) is 0 Å². The van der Waals surface area contributed by atoms with E-state index in [1.807, 2.05) is 84.9 Å². The molecule has 29 heavy (non-hydrogen) atoms. The van der Waals surface area contributed by atoms with E-state index in [0.29, 0.717) is 13.2 Å². The number of para-hydroxylation sites is 1. The molecule has 1 heterocycles. The minimum absolute atomic E-state index is 0.0223. The summed E-state index contributed by atoms with van der Waals surface area (Å²) < 4.78 is 11.4. The Balaban J connectivity index is 1.31. The van der Waals surface area contributed by atoms with Crippen molar-refractivity contribution in [2.45, 2.75) is 19.1 Å². The molecule has 0 aromatic heterocycles. The molecule has 1 aliphatic rings. The molecule has 0 radical (unpaired) electrons. The van der Waals surface area contributed by atoms with Crippen molar-refractivity contribution in [2.24, 2.45) is 0 Å². The maximum atomic E-state index is 12.4. The minimum atomic E-state index is -0.115. The van der Waals surface area contributed by atoms with Gasteiger partial charge in [0.2, 0.25) is 5.91 Å². The summed E-state index contributed by atoms with van der Waals surface area (Å²) in [6.07, 6.45) is 4.14. The Morgan fingerprint density at radius 1 is 1.00 bits per heavy atom. The second-order valence-corrected chi connectivity index (χ2v) is 6.91. The van der Waals surface area contributed by atoms with Crippen molar-refractivity contribution in [3.8, 4) is 11.5 Å². The zero-order chi connectivity index (χ0) is 19.9. The van der Waals surface area contributed by atoms with E-state index in [1.54, 1.807) is 6.08 Å². The molecule has 0 saturated heterocycles. The number of fused-ring (bicyclic) bond motifs is 1. The van der Waals surface area contributed by atoms with Crippen molar-refractivity contribution < 1.29 is 14.3 Å². The highest BCUT2D eigenvalue weighted by molar-refractivity contribution is 5.92. The molecule has 3 aromatic carbocycles. The number of nitrogens with one attached hydrogen (secondary N) is 1. The standard InChI is InChI=1S/C25H23NO3/c27-25(26-23-16-17-28-24-9-5-4-8-22(23)24)15-12-19-10-13-21(14-11-19)29-18-20-6-2-1-3-7-20/h1-15,23H,16-18H2,(H,26,27)/b15-12+. The van der Waals surface area contributed by atoms with Gasteiger partial charge in [-0.1, -0.05) is 60.7 Å². The fourth-order valence-electron chi connectivity index (χ4n) is 3.30. The fraction of sp³-hybridized carbons (Fsp3) is 0.160. The number of carbonyl (C=O) groups is 1. The summed E-state index contributed by atoms with van der Waals surface area (Å²) >= 11 is 0. The first kappa shape index (κ1) is 18.8. The summed E-state index contributed by atoms with van der Waals surface area (Å²) in [5.41, 5.74) is 3.10. The van der Waals surface area contributed by atoms with E-state index in [4.69, 9.17) is 9.47 Å². The third-order valence-electron chi connectivity index (χ3n) is 4.83. The van der Waals surface area contributed by atoms with Gasteiger partial charge in [0.25, 0.3) is 0 Å². The maximum Gasteiger partial charge on any atom is 0.244 e. The Kier molecular flexibility index (Phi) is 5.91. The molecule has 0 fully saturated rings. The van der Waals surface area contributed by atoms with Gasteiger partial charge >= 0.3 is 0 Å². The van der Waals surface area contributed by atoms with E-state index in [1.165, 1.54) is 0 Å². The largest absolute Gasteiger partial charge is 0.493 e. The number of carbonyl (C=O) groups excluding carboxylic acids is 1. The predicted octanol–water partition coefficient (Wildman–Crippen LogP) is 4.92. The van der Waals surface area contributed by atoms with Crippen LogP contribution in [-0.2, 0) is 11.4 Å². The molecule has 146 valence electrons. The van der Waals surface area contributed by atoms with Crippen molar-refractivity contribution >= 4 is 12.0 Å². The quantitative estimate of drug-likeness (QED) is 0.613. The van der Waals surface area contributed by atoms with Crippen molar-refractivity contribution in [3.63, 3.8) is 0 Å². The third-order valence-corrected chi connectivity index (χ3v) is 4.83. The van der Waals surface area contributed by atoms with Crippen molar-refractivity contribution in [2.75, 3.05) is 6.61 Å². The van der Waals surface area contributed by atoms with Crippen molar-refractivity contribution in [1.29, 1.82) is 0 Å². The number of hydrogen-bond donors (Lipinski definition) is 1. The van der Waals surface area contributed by atoms with E-state index >= 15 is 0 Å². The summed E-state index contributed by atoms with van der Waals surface area (Å²) in [5.74, 6) is 1.53. The number of amides is 1. The molecule has 1 N–H and O–H groups in total. The van der Waals surface area contributed by atoms with Gasteiger partial charge in [0, 0.05) is 18.1 Å². The molecule has 0 spiro atoms. The van der Waals surface area contributed by atoms with E-state index in [0.717, 1.165) is 34.6 Å². The van der Waals surface area contributed by atoms with Crippen LogP contribution in [0.15, 0.2) is 84.9 Å². The fourth-order valence-corrected chi connectivity index (χ4v) is 3.30. The summed E-state index contributed by atoms with van der Waals surface area (Å²) in [6, 6.07) is 25.6. The van der Waals surface area contributed by atoms with E-state index in [-0.39, 0.29) is 11.9 Å². The first-order valence-corrected chi connectivity index (χ1v) is 9.75. The molecular formula is C25H23NO3. The SMILES string of the molecule is O=C(/C=C/c1ccc(OCc2ccccc2)cc1)NC1CCOc2ccccc21. The molecule has 1 aliphatic heterocycles. The van der Waals surface area contributed by atoms with E-state index < -0.39 is 0 Å². The van der Waals surface area contributed by atoms with Gasteiger partial charge in [0.05, 0.1) is 12.6 Å². The number of hydrogen-bond acceptors (Lipinski definition) is 3. The summed E-state index contributed by atoms with van der Waals surface area (Å²) in [5, 5.41) is 3.06. The molecule has 4 nitrogen and oxygen atoms in total. The van der Waals surface area contributed by atoms with Gasteiger partial charge in [0.15, 0.2) is 0 Å². The summed E-state index contributed by atoms with van der Waals surface area (Å²) in [7, 11) is 0. The number of ether oxygens (including phenoxy) is 2. The normalized spacial score (nSPS) is 15.4. The Hall–Kier alpha value is -3.53. The Morgan fingerprint density at radius 3 is 2.59 bits per heavy atom. The molecule has 1 amide bonds. The molecular weight excluding hydrogens is 362 g/mol. The molecule has 0 saturated carbocycles.